The van der Waals surface area contributed by atoms with Gasteiger partial charge in [0.05, 0.1) is 12.1 Å². The predicted octanol–water partition coefficient (Wildman–Crippen LogP) is 1.70. The van der Waals surface area contributed by atoms with Gasteiger partial charge in [-0.2, -0.15) is 0 Å². The molecule has 19 heavy (non-hydrogen) atoms. The molecule has 0 aliphatic carbocycles. The standard InChI is InChI=1S/C11H14ClF2N3O2/c1-19-9-3-2-7(4-8(9)12)17-10(15)16-5-11(13,14)6-18/h2-4,18H,5-6H2,1H3,(H3,15,16,17). The molecule has 1 aromatic carbocycles. The number of nitrogens with one attached hydrogen (secondary N) is 1. The molecule has 0 amide bonds. The van der Waals surface area contributed by atoms with Crippen LogP contribution in [0.4, 0.5) is 14.5 Å². The van der Waals surface area contributed by atoms with Gasteiger partial charge in [0.25, 0.3) is 5.92 Å². The molecule has 0 saturated heterocycles. The van der Waals surface area contributed by atoms with E-state index >= 15 is 0 Å². The van der Waals surface area contributed by atoms with Gasteiger partial charge in [-0.3, -0.25) is 0 Å². The molecule has 0 atom stereocenters. The highest BCUT2D eigenvalue weighted by Gasteiger charge is 2.27. The number of benzene rings is 1. The molecule has 0 spiro atoms. The third-order valence-electron chi connectivity index (χ3n) is 2.14. The number of halogens is 3. The van der Waals surface area contributed by atoms with Gasteiger partial charge in [0.1, 0.15) is 18.9 Å². The van der Waals surface area contributed by atoms with Crippen LogP contribution < -0.4 is 15.8 Å². The zero-order valence-electron chi connectivity index (χ0n) is 10.2. The number of nitrogens with zero attached hydrogens (tertiary/aromatic N) is 1. The van der Waals surface area contributed by atoms with E-state index in [0.717, 1.165) is 0 Å². The van der Waals surface area contributed by atoms with Gasteiger partial charge in [-0.05, 0) is 18.2 Å². The second-order valence-corrected chi connectivity index (χ2v) is 4.10. The minimum atomic E-state index is -3.29. The van der Waals surface area contributed by atoms with Crippen LogP contribution in [0.5, 0.6) is 5.75 Å². The van der Waals surface area contributed by atoms with Crippen molar-refractivity contribution in [2.45, 2.75) is 5.92 Å². The summed E-state index contributed by atoms with van der Waals surface area (Å²) in [6, 6.07) is 4.73. The van der Waals surface area contributed by atoms with E-state index in [1.54, 1.807) is 12.1 Å². The van der Waals surface area contributed by atoms with Gasteiger partial charge in [0.15, 0.2) is 5.96 Å². The van der Waals surface area contributed by atoms with E-state index in [9.17, 15) is 8.78 Å². The number of alkyl halides is 2. The molecule has 1 rings (SSSR count). The van der Waals surface area contributed by atoms with E-state index in [-0.39, 0.29) is 5.96 Å². The molecular formula is C11H14ClF2N3O2. The molecule has 0 bridgehead atoms. The molecule has 8 heteroatoms. The van der Waals surface area contributed by atoms with Crippen LogP contribution in [0.3, 0.4) is 0 Å². The van der Waals surface area contributed by atoms with Crippen LogP contribution in [0.15, 0.2) is 23.2 Å². The van der Waals surface area contributed by atoms with Crippen LogP contribution >= 0.6 is 11.6 Å². The van der Waals surface area contributed by atoms with Crippen LogP contribution in [0.1, 0.15) is 0 Å². The summed E-state index contributed by atoms with van der Waals surface area (Å²) in [4.78, 5) is 3.43. The Labute approximate surface area is 114 Å². The van der Waals surface area contributed by atoms with E-state index in [0.29, 0.717) is 16.5 Å². The molecule has 5 nitrogen and oxygen atoms in total. The number of methoxy groups -OCH3 is 1. The van der Waals surface area contributed by atoms with Gasteiger partial charge in [-0.25, -0.2) is 13.8 Å². The number of aliphatic hydroxyl groups excluding tert-OH is 1. The third-order valence-corrected chi connectivity index (χ3v) is 2.43. The largest absolute Gasteiger partial charge is 0.495 e. The molecule has 0 aromatic heterocycles. The first kappa shape index (κ1) is 15.5. The van der Waals surface area contributed by atoms with Crippen LogP contribution in [0.2, 0.25) is 5.02 Å². The summed E-state index contributed by atoms with van der Waals surface area (Å²) in [5.41, 5.74) is 5.92. The second kappa shape index (κ2) is 6.53. The number of guanidine groups is 1. The van der Waals surface area contributed by atoms with E-state index in [1.807, 2.05) is 0 Å². The van der Waals surface area contributed by atoms with Gasteiger partial charge in [0.2, 0.25) is 0 Å². The molecule has 0 fully saturated rings. The predicted molar refractivity (Wildman–Crippen MR) is 70.1 cm³/mol. The van der Waals surface area contributed by atoms with Crippen molar-refractivity contribution in [1.82, 2.24) is 0 Å². The van der Waals surface area contributed by atoms with Crippen LogP contribution in [0, 0.1) is 0 Å². The van der Waals surface area contributed by atoms with Crippen molar-refractivity contribution in [3.05, 3.63) is 23.2 Å². The lowest BCUT2D eigenvalue weighted by Gasteiger charge is -2.11. The molecule has 106 valence electrons. The number of aliphatic imine (C=N–C) groups is 1. The highest BCUT2D eigenvalue weighted by atomic mass is 35.5. The Bertz CT molecular complexity index is 469. The number of aliphatic hydroxyl groups is 1. The quantitative estimate of drug-likeness (QED) is 0.570. The van der Waals surface area contributed by atoms with Crippen molar-refractivity contribution in [2.24, 2.45) is 10.7 Å². The summed E-state index contributed by atoms with van der Waals surface area (Å²) in [6.07, 6.45) is 0. The van der Waals surface area contributed by atoms with Crippen molar-refractivity contribution < 1.29 is 18.6 Å². The highest BCUT2D eigenvalue weighted by molar-refractivity contribution is 6.32. The minimum Gasteiger partial charge on any atom is -0.495 e. The Balaban J connectivity index is 2.69. The third kappa shape index (κ3) is 4.88. The van der Waals surface area contributed by atoms with Crippen molar-refractivity contribution >= 4 is 23.2 Å². The monoisotopic (exact) mass is 293 g/mol. The van der Waals surface area contributed by atoms with Gasteiger partial charge in [-0.15, -0.1) is 0 Å². The summed E-state index contributed by atoms with van der Waals surface area (Å²) in [5.74, 6) is -3.01. The van der Waals surface area contributed by atoms with E-state index in [2.05, 4.69) is 10.3 Å². The summed E-state index contributed by atoms with van der Waals surface area (Å²) in [6.45, 7) is -2.18. The SMILES string of the molecule is COc1ccc(NC(N)=NCC(F)(F)CO)cc1Cl. The van der Waals surface area contributed by atoms with Crippen LogP contribution in [-0.4, -0.2) is 37.3 Å². The molecule has 0 aliphatic heterocycles. The zero-order chi connectivity index (χ0) is 14.5. The summed E-state index contributed by atoms with van der Waals surface area (Å²) < 4.78 is 30.4. The van der Waals surface area contributed by atoms with Crippen molar-refractivity contribution in [1.29, 1.82) is 0 Å². The Kier molecular flexibility index (Phi) is 5.31. The fourth-order valence-corrected chi connectivity index (χ4v) is 1.44. The highest BCUT2D eigenvalue weighted by Crippen LogP contribution is 2.27. The fraction of sp³-hybridized carbons (Fsp3) is 0.364. The molecule has 0 unspecified atom stereocenters. The van der Waals surface area contributed by atoms with Gasteiger partial charge in [0, 0.05) is 5.69 Å². The topological polar surface area (TPSA) is 79.9 Å². The normalized spacial score (nSPS) is 12.4. The lowest BCUT2D eigenvalue weighted by atomic mass is 10.3. The Morgan fingerprint density at radius 2 is 2.26 bits per heavy atom. The fourth-order valence-electron chi connectivity index (χ4n) is 1.18. The van der Waals surface area contributed by atoms with E-state index < -0.39 is 19.1 Å². The number of rotatable bonds is 5. The first-order valence-corrected chi connectivity index (χ1v) is 5.65. The molecule has 0 saturated carbocycles. The molecule has 4 N–H and O–H groups in total. The summed E-state index contributed by atoms with van der Waals surface area (Å²) in [5, 5.41) is 11.3. The van der Waals surface area contributed by atoms with Crippen molar-refractivity contribution in [3.8, 4) is 5.75 Å². The molecule has 0 aliphatic rings. The number of hydrogen-bond acceptors (Lipinski definition) is 3. The van der Waals surface area contributed by atoms with Gasteiger partial charge in [-0.1, -0.05) is 11.6 Å². The Hall–Kier alpha value is -1.60. The van der Waals surface area contributed by atoms with Crippen molar-refractivity contribution in [3.63, 3.8) is 0 Å². The first-order valence-electron chi connectivity index (χ1n) is 5.27. The lowest BCUT2D eigenvalue weighted by Crippen LogP contribution is -2.29. The number of hydrogen-bond donors (Lipinski definition) is 3. The molecule has 0 heterocycles. The average molecular weight is 294 g/mol. The minimum absolute atomic E-state index is 0.200. The molecule has 1 aromatic rings. The molecule has 0 radical (unpaired) electrons. The Morgan fingerprint density at radius 3 is 2.79 bits per heavy atom. The lowest BCUT2D eigenvalue weighted by molar-refractivity contribution is -0.0404. The van der Waals surface area contributed by atoms with Gasteiger partial charge >= 0.3 is 0 Å². The second-order valence-electron chi connectivity index (χ2n) is 3.69. The number of nitrogens with two attached hydrogens (primary N) is 1. The molecular weight excluding hydrogens is 280 g/mol. The van der Waals surface area contributed by atoms with E-state index in [1.165, 1.54) is 13.2 Å². The van der Waals surface area contributed by atoms with Crippen molar-refractivity contribution in [2.75, 3.05) is 25.6 Å². The average Bonchev–Trinajstić information content (AvgIpc) is 2.37. The smallest absolute Gasteiger partial charge is 0.289 e. The van der Waals surface area contributed by atoms with Crippen LogP contribution in [0.25, 0.3) is 0 Å². The number of anilines is 1. The number of ether oxygens (including phenoxy) is 1. The van der Waals surface area contributed by atoms with E-state index in [4.69, 9.17) is 27.2 Å². The maximum absolute atomic E-state index is 12.7. The summed E-state index contributed by atoms with van der Waals surface area (Å²) in [7, 11) is 1.47. The van der Waals surface area contributed by atoms with Crippen LogP contribution in [-0.2, 0) is 0 Å². The van der Waals surface area contributed by atoms with Gasteiger partial charge < -0.3 is 20.9 Å². The maximum atomic E-state index is 12.7. The summed E-state index contributed by atoms with van der Waals surface area (Å²) >= 11 is 5.89. The first-order chi connectivity index (χ1) is 8.88. The zero-order valence-corrected chi connectivity index (χ0v) is 10.9. The maximum Gasteiger partial charge on any atom is 0.289 e. The Morgan fingerprint density at radius 1 is 1.58 bits per heavy atom.